The summed E-state index contributed by atoms with van der Waals surface area (Å²) in [5, 5.41) is 0.838. The van der Waals surface area contributed by atoms with Crippen LogP contribution in [-0.4, -0.2) is 32.7 Å². The predicted octanol–water partition coefficient (Wildman–Crippen LogP) is 3.97. The van der Waals surface area contributed by atoms with E-state index in [0.29, 0.717) is 11.1 Å². The van der Waals surface area contributed by atoms with Crippen molar-refractivity contribution in [2.75, 3.05) is 13.4 Å². The van der Waals surface area contributed by atoms with Crippen molar-refractivity contribution in [3.63, 3.8) is 0 Å². The molecule has 1 aromatic heterocycles. The smallest absolute Gasteiger partial charge is 0.337 e. The van der Waals surface area contributed by atoms with E-state index in [9.17, 15) is 13.2 Å². The van der Waals surface area contributed by atoms with Crippen LogP contribution in [0.5, 0.6) is 0 Å². The van der Waals surface area contributed by atoms with E-state index < -0.39 is 20.6 Å². The van der Waals surface area contributed by atoms with Crippen molar-refractivity contribution in [3.05, 3.63) is 65.9 Å². The first-order valence-electron chi connectivity index (χ1n) is 8.43. The number of benzene rings is 2. The molecule has 0 aliphatic carbocycles. The Morgan fingerprint density at radius 2 is 1.81 bits per heavy atom. The van der Waals surface area contributed by atoms with Gasteiger partial charge in [-0.2, -0.15) is 0 Å². The summed E-state index contributed by atoms with van der Waals surface area (Å²) < 4.78 is 28.4. The second kappa shape index (κ2) is 6.78. The molecule has 0 amide bonds. The minimum Gasteiger partial charge on any atom is -0.465 e. The zero-order valence-electron chi connectivity index (χ0n) is 15.7. The van der Waals surface area contributed by atoms with E-state index in [1.807, 2.05) is 30.3 Å². The fourth-order valence-corrected chi connectivity index (χ4v) is 3.45. The van der Waals surface area contributed by atoms with Gasteiger partial charge in [-0.1, -0.05) is 18.2 Å². The van der Waals surface area contributed by atoms with Crippen LogP contribution in [0.25, 0.3) is 22.0 Å². The standard InChI is InChI=1S/C21H21NO4S/c1-21(2,27(4,24)25)17-12-15-9-6-10-22-19(15)18(13-17)14-7-5-8-16(11-14)20(23)26-3/h5-13H,1-4H3. The maximum absolute atomic E-state index is 12.3. The van der Waals surface area contributed by atoms with Gasteiger partial charge in [0.2, 0.25) is 0 Å². The molecule has 140 valence electrons. The van der Waals surface area contributed by atoms with Gasteiger partial charge in [-0.3, -0.25) is 4.98 Å². The van der Waals surface area contributed by atoms with Crippen LogP contribution in [0.2, 0.25) is 0 Å². The summed E-state index contributed by atoms with van der Waals surface area (Å²) in [5.74, 6) is -0.429. The fraction of sp³-hybridized carbons (Fsp3) is 0.238. The third-order valence-electron chi connectivity index (χ3n) is 4.92. The summed E-state index contributed by atoms with van der Waals surface area (Å²) in [4.78, 5) is 16.4. The van der Waals surface area contributed by atoms with E-state index in [1.165, 1.54) is 13.4 Å². The summed E-state index contributed by atoms with van der Waals surface area (Å²) in [7, 11) is -2.01. The van der Waals surface area contributed by atoms with E-state index in [-0.39, 0.29) is 0 Å². The van der Waals surface area contributed by atoms with Crippen molar-refractivity contribution in [3.8, 4) is 11.1 Å². The number of nitrogens with zero attached hydrogens (tertiary/aromatic N) is 1. The highest BCUT2D eigenvalue weighted by molar-refractivity contribution is 7.91. The van der Waals surface area contributed by atoms with Crippen LogP contribution in [0.15, 0.2) is 54.7 Å². The normalized spacial score (nSPS) is 12.1. The van der Waals surface area contributed by atoms with Crippen LogP contribution in [-0.2, 0) is 19.3 Å². The van der Waals surface area contributed by atoms with Crippen LogP contribution in [0.3, 0.4) is 0 Å². The van der Waals surface area contributed by atoms with Gasteiger partial charge in [0.05, 0.1) is 22.9 Å². The van der Waals surface area contributed by atoms with Crippen molar-refractivity contribution < 1.29 is 17.9 Å². The Balaban J connectivity index is 2.32. The molecule has 0 aliphatic rings. The number of hydrogen-bond acceptors (Lipinski definition) is 5. The lowest BCUT2D eigenvalue weighted by atomic mass is 9.93. The molecular formula is C21H21NO4S. The lowest BCUT2D eigenvalue weighted by Crippen LogP contribution is -2.28. The molecule has 6 heteroatoms. The highest BCUT2D eigenvalue weighted by Crippen LogP contribution is 2.36. The Labute approximate surface area is 158 Å². The molecule has 2 aromatic carbocycles. The second-order valence-corrected chi connectivity index (χ2v) is 9.52. The molecule has 0 aliphatic heterocycles. The molecule has 0 N–H and O–H groups in total. The Morgan fingerprint density at radius 1 is 1.07 bits per heavy atom. The van der Waals surface area contributed by atoms with Crippen LogP contribution in [0.1, 0.15) is 29.8 Å². The summed E-state index contributed by atoms with van der Waals surface area (Å²) in [6.45, 7) is 3.38. The third kappa shape index (κ3) is 3.45. The number of pyridine rings is 1. The van der Waals surface area contributed by atoms with Gasteiger partial charge in [0.25, 0.3) is 0 Å². The molecule has 27 heavy (non-hydrogen) atoms. The molecule has 0 saturated carbocycles. The van der Waals surface area contributed by atoms with E-state index in [1.54, 1.807) is 38.2 Å². The van der Waals surface area contributed by atoms with E-state index in [4.69, 9.17) is 4.74 Å². The number of hydrogen-bond donors (Lipinski definition) is 0. The zero-order chi connectivity index (χ0) is 19.8. The fourth-order valence-electron chi connectivity index (χ4n) is 2.91. The van der Waals surface area contributed by atoms with Gasteiger partial charge in [-0.15, -0.1) is 0 Å². The summed E-state index contributed by atoms with van der Waals surface area (Å²) in [5.41, 5.74) is 3.38. The van der Waals surface area contributed by atoms with Crippen molar-refractivity contribution in [1.82, 2.24) is 4.98 Å². The van der Waals surface area contributed by atoms with Crippen molar-refractivity contribution >= 4 is 26.7 Å². The molecular weight excluding hydrogens is 362 g/mol. The summed E-state index contributed by atoms with van der Waals surface area (Å²) >= 11 is 0. The molecule has 0 radical (unpaired) electrons. The Morgan fingerprint density at radius 3 is 2.48 bits per heavy atom. The SMILES string of the molecule is COC(=O)c1cccc(-c2cc(C(C)(C)S(C)(=O)=O)cc3cccnc23)c1. The number of aromatic nitrogens is 1. The minimum absolute atomic E-state index is 0.423. The molecule has 5 nitrogen and oxygen atoms in total. The Hall–Kier alpha value is -2.73. The molecule has 3 rings (SSSR count). The number of methoxy groups -OCH3 is 1. The van der Waals surface area contributed by atoms with Crippen molar-refractivity contribution in [1.29, 1.82) is 0 Å². The molecule has 0 atom stereocenters. The van der Waals surface area contributed by atoms with Gasteiger partial charge < -0.3 is 4.74 Å². The number of esters is 1. The van der Waals surface area contributed by atoms with Crippen molar-refractivity contribution in [2.45, 2.75) is 18.6 Å². The molecule has 1 heterocycles. The third-order valence-corrected chi connectivity index (χ3v) is 7.01. The van der Waals surface area contributed by atoms with E-state index in [0.717, 1.165) is 22.0 Å². The molecule has 0 saturated heterocycles. The highest BCUT2D eigenvalue weighted by Gasteiger charge is 2.33. The number of sulfone groups is 1. The number of rotatable bonds is 4. The van der Waals surface area contributed by atoms with Gasteiger partial charge in [-0.05, 0) is 55.3 Å². The second-order valence-electron chi connectivity index (χ2n) is 6.95. The van der Waals surface area contributed by atoms with E-state index >= 15 is 0 Å². The van der Waals surface area contributed by atoms with Crippen LogP contribution < -0.4 is 0 Å². The van der Waals surface area contributed by atoms with Crippen LogP contribution in [0.4, 0.5) is 0 Å². The molecule has 0 spiro atoms. The van der Waals surface area contributed by atoms with E-state index in [2.05, 4.69) is 4.98 Å². The highest BCUT2D eigenvalue weighted by atomic mass is 32.2. The average Bonchev–Trinajstić information content (AvgIpc) is 2.65. The maximum Gasteiger partial charge on any atom is 0.337 e. The lowest BCUT2D eigenvalue weighted by molar-refractivity contribution is 0.0601. The largest absolute Gasteiger partial charge is 0.465 e. The van der Waals surface area contributed by atoms with Gasteiger partial charge >= 0.3 is 5.97 Å². The monoisotopic (exact) mass is 383 g/mol. The zero-order valence-corrected chi connectivity index (χ0v) is 16.5. The number of ether oxygens (including phenoxy) is 1. The molecule has 0 unspecified atom stereocenters. The number of carbonyl (C=O) groups is 1. The summed E-state index contributed by atoms with van der Waals surface area (Å²) in [6.07, 6.45) is 2.93. The molecule has 0 bridgehead atoms. The van der Waals surface area contributed by atoms with Crippen LogP contribution in [0, 0.1) is 0 Å². The van der Waals surface area contributed by atoms with Crippen molar-refractivity contribution in [2.24, 2.45) is 0 Å². The predicted molar refractivity (Wildman–Crippen MR) is 106 cm³/mol. The van der Waals surface area contributed by atoms with Gasteiger partial charge in [0, 0.05) is 23.4 Å². The first kappa shape index (κ1) is 19.0. The molecule has 0 fully saturated rings. The minimum atomic E-state index is -3.34. The first-order chi connectivity index (χ1) is 12.6. The summed E-state index contributed by atoms with van der Waals surface area (Å²) in [6, 6.07) is 14.5. The Kier molecular flexibility index (Phi) is 4.78. The quantitative estimate of drug-likeness (QED) is 0.638. The topological polar surface area (TPSA) is 73.3 Å². The average molecular weight is 383 g/mol. The first-order valence-corrected chi connectivity index (χ1v) is 10.3. The van der Waals surface area contributed by atoms with Crippen LogP contribution >= 0.6 is 0 Å². The number of carbonyl (C=O) groups excluding carboxylic acids is 1. The van der Waals surface area contributed by atoms with Gasteiger partial charge in [0.15, 0.2) is 9.84 Å². The van der Waals surface area contributed by atoms with Gasteiger partial charge in [0.1, 0.15) is 0 Å². The van der Waals surface area contributed by atoms with Gasteiger partial charge in [-0.25, -0.2) is 13.2 Å². The number of fused-ring (bicyclic) bond motifs is 1. The molecule has 3 aromatic rings. The lowest BCUT2D eigenvalue weighted by Gasteiger charge is -2.24. The maximum atomic E-state index is 12.3. The Bertz CT molecular complexity index is 1130.